The van der Waals surface area contributed by atoms with Gasteiger partial charge in [0, 0.05) is 17.7 Å². The number of rotatable bonds is 7. The molecule has 6 heteroatoms. The van der Waals surface area contributed by atoms with Gasteiger partial charge < -0.3 is 9.15 Å². The Morgan fingerprint density at radius 1 is 0.906 bits per heavy atom. The Morgan fingerprint density at radius 2 is 1.59 bits per heavy atom. The van der Waals surface area contributed by atoms with Crippen molar-refractivity contribution in [2.75, 3.05) is 20.7 Å². The Kier molecular flexibility index (Phi) is 6.42. The molecule has 1 aromatic heterocycles. The number of methoxy groups -OCH3 is 1. The van der Waals surface area contributed by atoms with E-state index in [-0.39, 0.29) is 12.5 Å². The van der Waals surface area contributed by atoms with E-state index in [1.165, 1.54) is 7.11 Å². The molecule has 6 nitrogen and oxygen atoms in total. The van der Waals surface area contributed by atoms with Crippen molar-refractivity contribution < 1.29 is 13.9 Å². The first-order chi connectivity index (χ1) is 15.5. The molecular weight excluding hydrogens is 402 g/mol. The van der Waals surface area contributed by atoms with E-state index in [0.717, 1.165) is 33.4 Å². The number of aromatic nitrogens is 2. The van der Waals surface area contributed by atoms with Gasteiger partial charge in [0.05, 0.1) is 13.7 Å². The van der Waals surface area contributed by atoms with Crippen molar-refractivity contribution in [3.63, 3.8) is 0 Å². The van der Waals surface area contributed by atoms with E-state index in [4.69, 9.17) is 9.15 Å². The lowest BCUT2D eigenvalue weighted by atomic mass is 9.96. The number of benzene rings is 3. The number of likely N-dealkylation sites (N-methyl/N-ethyl adjacent to an activating group) is 1. The van der Waals surface area contributed by atoms with Crippen LogP contribution in [-0.4, -0.2) is 41.8 Å². The average molecular weight is 428 g/mol. The van der Waals surface area contributed by atoms with Gasteiger partial charge in [-0.3, -0.25) is 9.69 Å². The van der Waals surface area contributed by atoms with Gasteiger partial charge >= 0.3 is 5.97 Å². The molecule has 0 bridgehead atoms. The highest BCUT2D eigenvalue weighted by Gasteiger charge is 2.15. The van der Waals surface area contributed by atoms with Gasteiger partial charge in [0.15, 0.2) is 0 Å². The van der Waals surface area contributed by atoms with E-state index >= 15 is 0 Å². The molecular formula is C26H25N3O3. The van der Waals surface area contributed by atoms with Crippen molar-refractivity contribution in [1.82, 2.24) is 15.1 Å². The molecule has 162 valence electrons. The predicted molar refractivity (Wildman–Crippen MR) is 124 cm³/mol. The molecule has 0 saturated heterocycles. The molecule has 32 heavy (non-hydrogen) atoms. The monoisotopic (exact) mass is 427 g/mol. The van der Waals surface area contributed by atoms with Gasteiger partial charge in [0.1, 0.15) is 0 Å². The SMILES string of the molecule is COC(=O)CN(C)Cc1cccc(-c2nnc(-c3cccc(-c4ccccc4)c3C)o2)c1. The minimum atomic E-state index is -0.265. The van der Waals surface area contributed by atoms with Crippen LogP contribution in [0.1, 0.15) is 11.1 Å². The summed E-state index contributed by atoms with van der Waals surface area (Å²) in [6, 6.07) is 24.2. The molecule has 4 rings (SSSR count). The topological polar surface area (TPSA) is 68.5 Å². The molecule has 3 aromatic carbocycles. The first kappa shape index (κ1) is 21.5. The number of esters is 1. The van der Waals surface area contributed by atoms with Crippen LogP contribution in [0.15, 0.2) is 77.2 Å². The van der Waals surface area contributed by atoms with Crippen molar-refractivity contribution in [2.24, 2.45) is 0 Å². The van der Waals surface area contributed by atoms with Gasteiger partial charge in [-0.25, -0.2) is 0 Å². The van der Waals surface area contributed by atoms with E-state index in [9.17, 15) is 4.79 Å². The minimum Gasteiger partial charge on any atom is -0.468 e. The van der Waals surface area contributed by atoms with Gasteiger partial charge in [-0.05, 0) is 54.4 Å². The fourth-order valence-corrected chi connectivity index (χ4v) is 3.70. The molecule has 0 aliphatic rings. The van der Waals surface area contributed by atoms with Gasteiger partial charge in [-0.1, -0.05) is 54.6 Å². The number of carbonyl (C=O) groups is 1. The van der Waals surface area contributed by atoms with Gasteiger partial charge in [0.25, 0.3) is 0 Å². The highest BCUT2D eigenvalue weighted by atomic mass is 16.5. The first-order valence-electron chi connectivity index (χ1n) is 10.4. The summed E-state index contributed by atoms with van der Waals surface area (Å²) in [5, 5.41) is 8.60. The van der Waals surface area contributed by atoms with Crippen LogP contribution >= 0.6 is 0 Å². The number of hydrogen-bond donors (Lipinski definition) is 0. The van der Waals surface area contributed by atoms with Gasteiger partial charge in [-0.2, -0.15) is 0 Å². The minimum absolute atomic E-state index is 0.225. The van der Waals surface area contributed by atoms with Crippen LogP contribution in [0.5, 0.6) is 0 Å². The summed E-state index contributed by atoms with van der Waals surface area (Å²) in [5.74, 6) is 0.684. The summed E-state index contributed by atoms with van der Waals surface area (Å²) in [6.07, 6.45) is 0. The van der Waals surface area contributed by atoms with Crippen LogP contribution in [0.3, 0.4) is 0 Å². The van der Waals surface area contributed by atoms with E-state index in [1.807, 2.05) is 66.5 Å². The third kappa shape index (κ3) is 4.76. The summed E-state index contributed by atoms with van der Waals surface area (Å²) < 4.78 is 10.8. The Hall–Kier alpha value is -3.77. The van der Waals surface area contributed by atoms with E-state index < -0.39 is 0 Å². The third-order valence-corrected chi connectivity index (χ3v) is 5.33. The number of nitrogens with zero attached hydrogens (tertiary/aromatic N) is 3. The van der Waals surface area contributed by atoms with Gasteiger partial charge in [0.2, 0.25) is 11.8 Å². The van der Waals surface area contributed by atoms with Crippen LogP contribution in [0.25, 0.3) is 34.0 Å². The summed E-state index contributed by atoms with van der Waals surface area (Å²) in [4.78, 5) is 13.4. The molecule has 0 radical (unpaired) electrons. The molecule has 1 heterocycles. The average Bonchev–Trinajstić information content (AvgIpc) is 3.30. The van der Waals surface area contributed by atoms with Crippen LogP contribution in [0.4, 0.5) is 0 Å². The fraction of sp³-hybridized carbons (Fsp3) is 0.192. The van der Waals surface area contributed by atoms with Crippen LogP contribution in [-0.2, 0) is 16.1 Å². The molecule has 0 fully saturated rings. The smallest absolute Gasteiger partial charge is 0.319 e. The quantitative estimate of drug-likeness (QED) is 0.387. The van der Waals surface area contributed by atoms with Crippen molar-refractivity contribution in [1.29, 1.82) is 0 Å². The molecule has 0 atom stereocenters. The van der Waals surface area contributed by atoms with Crippen molar-refractivity contribution in [3.05, 3.63) is 83.9 Å². The molecule has 0 spiro atoms. The maximum absolute atomic E-state index is 11.5. The molecule has 0 aliphatic carbocycles. The lowest BCUT2D eigenvalue weighted by Crippen LogP contribution is -2.26. The summed E-state index contributed by atoms with van der Waals surface area (Å²) in [6.45, 7) is 2.89. The normalized spacial score (nSPS) is 11.0. The fourth-order valence-electron chi connectivity index (χ4n) is 3.70. The van der Waals surface area contributed by atoms with Crippen LogP contribution in [0.2, 0.25) is 0 Å². The summed E-state index contributed by atoms with van der Waals surface area (Å²) in [7, 11) is 3.26. The van der Waals surface area contributed by atoms with E-state index in [1.54, 1.807) is 0 Å². The highest BCUT2D eigenvalue weighted by Crippen LogP contribution is 2.32. The molecule has 0 amide bonds. The van der Waals surface area contributed by atoms with Gasteiger partial charge in [-0.15, -0.1) is 10.2 Å². The zero-order chi connectivity index (χ0) is 22.5. The van der Waals surface area contributed by atoms with Crippen LogP contribution < -0.4 is 0 Å². The van der Waals surface area contributed by atoms with Crippen molar-refractivity contribution >= 4 is 5.97 Å². The van der Waals surface area contributed by atoms with Crippen LogP contribution in [0, 0.1) is 6.92 Å². The maximum Gasteiger partial charge on any atom is 0.319 e. The largest absolute Gasteiger partial charge is 0.468 e. The number of carbonyl (C=O) groups excluding carboxylic acids is 1. The molecule has 0 N–H and O–H groups in total. The lowest BCUT2D eigenvalue weighted by Gasteiger charge is -2.15. The molecule has 0 unspecified atom stereocenters. The standard InChI is InChI=1S/C26H25N3O3/c1-18-22(20-10-5-4-6-11-20)13-8-14-23(18)26-28-27-25(32-26)21-12-7-9-19(15-21)16-29(2)17-24(30)31-3/h4-15H,16-17H2,1-3H3. The van der Waals surface area contributed by atoms with E-state index in [2.05, 4.69) is 35.3 Å². The second-order valence-corrected chi connectivity index (χ2v) is 7.71. The predicted octanol–water partition coefficient (Wildman–Crippen LogP) is 4.98. The lowest BCUT2D eigenvalue weighted by molar-refractivity contribution is -0.141. The maximum atomic E-state index is 11.5. The second kappa shape index (κ2) is 9.58. The second-order valence-electron chi connectivity index (χ2n) is 7.71. The number of ether oxygens (including phenoxy) is 1. The highest BCUT2D eigenvalue weighted by molar-refractivity contribution is 5.75. The molecule has 4 aromatic rings. The summed E-state index contributed by atoms with van der Waals surface area (Å²) >= 11 is 0. The Labute approximate surface area is 187 Å². The van der Waals surface area contributed by atoms with Crippen molar-refractivity contribution in [3.8, 4) is 34.0 Å². The molecule has 0 aliphatic heterocycles. The van der Waals surface area contributed by atoms with E-state index in [0.29, 0.717) is 18.3 Å². The zero-order valence-corrected chi connectivity index (χ0v) is 18.4. The first-order valence-corrected chi connectivity index (χ1v) is 10.4. The zero-order valence-electron chi connectivity index (χ0n) is 18.4. The van der Waals surface area contributed by atoms with Crippen molar-refractivity contribution in [2.45, 2.75) is 13.5 Å². The Balaban J connectivity index is 1.58. The number of hydrogen-bond acceptors (Lipinski definition) is 6. The summed E-state index contributed by atoms with van der Waals surface area (Å²) in [5.41, 5.74) is 6.17. The Bertz CT molecular complexity index is 1220. The molecule has 0 saturated carbocycles. The third-order valence-electron chi connectivity index (χ3n) is 5.33. The Morgan fingerprint density at radius 3 is 2.38 bits per heavy atom.